The van der Waals surface area contributed by atoms with E-state index in [0.717, 1.165) is 12.8 Å². The second kappa shape index (κ2) is 8.48. The number of aromatic amines is 1. The van der Waals surface area contributed by atoms with Gasteiger partial charge in [-0.15, -0.1) is 5.10 Å². The van der Waals surface area contributed by atoms with Gasteiger partial charge in [-0.25, -0.2) is 14.6 Å². The Hall–Kier alpha value is -2.86. The van der Waals surface area contributed by atoms with Crippen molar-refractivity contribution in [2.45, 2.75) is 45.4 Å². The predicted octanol–water partition coefficient (Wildman–Crippen LogP) is 2.94. The summed E-state index contributed by atoms with van der Waals surface area (Å²) in [4.78, 5) is 9.03. The Morgan fingerprint density at radius 3 is 2.80 bits per heavy atom. The summed E-state index contributed by atoms with van der Waals surface area (Å²) in [5.74, 6) is 0.811. The van der Waals surface area contributed by atoms with Gasteiger partial charge in [0.25, 0.3) is 0 Å². The Balaban J connectivity index is 1.65. The highest BCUT2D eigenvalue weighted by Crippen LogP contribution is 2.32. The molecule has 4 rings (SSSR count). The van der Waals surface area contributed by atoms with E-state index < -0.39 is 12.7 Å². The number of H-pyrrole nitrogens is 1. The van der Waals surface area contributed by atoms with Crippen LogP contribution in [0.15, 0.2) is 12.3 Å². The van der Waals surface area contributed by atoms with E-state index in [1.54, 1.807) is 11.6 Å². The van der Waals surface area contributed by atoms with Crippen LogP contribution in [-0.2, 0) is 4.74 Å². The molecule has 1 fully saturated rings. The second-order valence-corrected chi connectivity index (χ2v) is 7.25. The van der Waals surface area contributed by atoms with Crippen molar-refractivity contribution in [1.82, 2.24) is 29.9 Å². The third-order valence-corrected chi connectivity index (χ3v) is 5.19. The van der Waals surface area contributed by atoms with Crippen LogP contribution in [-0.4, -0.2) is 54.9 Å². The zero-order chi connectivity index (χ0) is 21.3. The number of halogens is 2. The van der Waals surface area contributed by atoms with Crippen molar-refractivity contribution in [3.8, 4) is 5.88 Å². The summed E-state index contributed by atoms with van der Waals surface area (Å²) in [5.41, 5.74) is 1.50. The Morgan fingerprint density at radius 1 is 1.33 bits per heavy atom. The number of aliphatic hydroxyl groups is 1. The van der Waals surface area contributed by atoms with Crippen LogP contribution in [0.4, 0.5) is 20.4 Å². The molecule has 1 aliphatic rings. The molecule has 0 spiro atoms. The lowest BCUT2D eigenvalue weighted by Crippen LogP contribution is -2.25. The third-order valence-electron chi connectivity index (χ3n) is 5.19. The average Bonchev–Trinajstić information content (AvgIpc) is 3.31. The van der Waals surface area contributed by atoms with E-state index in [4.69, 9.17) is 4.74 Å². The number of nitrogens with one attached hydrogen (secondary N) is 2. The number of rotatable bonds is 7. The number of alkyl halides is 2. The van der Waals surface area contributed by atoms with Crippen molar-refractivity contribution in [1.29, 1.82) is 0 Å². The summed E-state index contributed by atoms with van der Waals surface area (Å²) in [7, 11) is 0. The van der Waals surface area contributed by atoms with Gasteiger partial charge in [-0.3, -0.25) is 5.10 Å². The monoisotopic (exact) mass is 423 g/mol. The van der Waals surface area contributed by atoms with E-state index in [9.17, 15) is 13.9 Å². The van der Waals surface area contributed by atoms with Crippen LogP contribution in [0.25, 0.3) is 11.2 Å². The molecule has 3 aromatic rings. The van der Waals surface area contributed by atoms with E-state index in [0.29, 0.717) is 47.6 Å². The van der Waals surface area contributed by atoms with Crippen molar-refractivity contribution >= 4 is 22.8 Å². The largest absolute Gasteiger partial charge is 0.415 e. The topological polar surface area (TPSA) is 123 Å². The summed E-state index contributed by atoms with van der Waals surface area (Å²) in [6, 6.07) is 1.33. The smallest absolute Gasteiger partial charge is 0.388 e. The minimum Gasteiger partial charge on any atom is -0.415 e. The molecular weight excluding hydrogens is 400 g/mol. The summed E-state index contributed by atoms with van der Waals surface area (Å²) in [6.07, 6.45) is 2.51. The molecule has 12 heteroatoms. The molecule has 4 heterocycles. The minimum atomic E-state index is -2.96. The molecule has 0 amide bonds. The van der Waals surface area contributed by atoms with Gasteiger partial charge < -0.3 is 19.9 Å². The summed E-state index contributed by atoms with van der Waals surface area (Å²) < 4.78 is 36.1. The average molecular weight is 423 g/mol. The van der Waals surface area contributed by atoms with Crippen LogP contribution in [0.1, 0.15) is 44.5 Å². The minimum absolute atomic E-state index is 0.0339. The summed E-state index contributed by atoms with van der Waals surface area (Å²) in [5, 5.41) is 23.9. The van der Waals surface area contributed by atoms with Crippen LogP contribution < -0.4 is 10.1 Å². The Morgan fingerprint density at radius 2 is 2.10 bits per heavy atom. The van der Waals surface area contributed by atoms with Gasteiger partial charge in [0.05, 0.1) is 18.3 Å². The lowest BCUT2D eigenvalue weighted by Gasteiger charge is -2.28. The highest BCUT2D eigenvalue weighted by molar-refractivity contribution is 5.76. The van der Waals surface area contributed by atoms with Crippen LogP contribution in [0, 0.1) is 5.92 Å². The standard InChI is InChI=1S/C18H23F2N7O3/c1-9(11-3-5-29-6-4-11)27-17-16(15(26-27)10(2)28)21-8-13(23-17)22-12-7-14(25-24-12)30-18(19)20/h7-11,18,28H,3-6H2,1-2H3,(H2,22,23,24,25)/t9-,10-/m0/s1. The van der Waals surface area contributed by atoms with E-state index in [1.165, 1.54) is 12.3 Å². The highest BCUT2D eigenvalue weighted by atomic mass is 19.3. The maximum Gasteiger partial charge on any atom is 0.388 e. The number of aliphatic hydroxyl groups excluding tert-OH is 1. The number of anilines is 2. The van der Waals surface area contributed by atoms with Crippen molar-refractivity contribution in [2.75, 3.05) is 18.5 Å². The molecule has 10 nitrogen and oxygen atoms in total. The number of ether oxygens (including phenoxy) is 2. The fourth-order valence-corrected chi connectivity index (χ4v) is 3.61. The number of aromatic nitrogens is 6. The first-order valence-electron chi connectivity index (χ1n) is 9.70. The number of hydrogen-bond acceptors (Lipinski definition) is 8. The molecule has 0 radical (unpaired) electrons. The Bertz CT molecular complexity index is 1000. The van der Waals surface area contributed by atoms with Gasteiger partial charge >= 0.3 is 6.61 Å². The predicted molar refractivity (Wildman–Crippen MR) is 103 cm³/mol. The maximum atomic E-state index is 12.3. The second-order valence-electron chi connectivity index (χ2n) is 7.25. The van der Waals surface area contributed by atoms with Crippen LogP contribution in [0.3, 0.4) is 0 Å². The number of hydrogen-bond donors (Lipinski definition) is 3. The zero-order valence-electron chi connectivity index (χ0n) is 16.5. The van der Waals surface area contributed by atoms with E-state index in [-0.39, 0.29) is 11.9 Å². The third kappa shape index (κ3) is 4.19. The molecule has 162 valence electrons. The van der Waals surface area contributed by atoms with Crippen molar-refractivity contribution in [3.63, 3.8) is 0 Å². The molecule has 3 aromatic heterocycles. The first kappa shape index (κ1) is 20.4. The normalized spacial score (nSPS) is 17.4. The molecular formula is C18H23F2N7O3. The molecule has 3 N–H and O–H groups in total. The van der Waals surface area contributed by atoms with Gasteiger partial charge in [0, 0.05) is 19.3 Å². The van der Waals surface area contributed by atoms with E-state index in [1.807, 2.05) is 0 Å². The molecule has 2 atom stereocenters. The van der Waals surface area contributed by atoms with Crippen LogP contribution in [0.5, 0.6) is 5.88 Å². The molecule has 0 saturated carbocycles. The lowest BCUT2D eigenvalue weighted by molar-refractivity contribution is -0.0528. The van der Waals surface area contributed by atoms with Crippen molar-refractivity contribution in [3.05, 3.63) is 18.0 Å². The lowest BCUT2D eigenvalue weighted by atomic mass is 9.93. The van der Waals surface area contributed by atoms with Crippen LogP contribution in [0.2, 0.25) is 0 Å². The first-order valence-corrected chi connectivity index (χ1v) is 9.70. The van der Waals surface area contributed by atoms with Crippen molar-refractivity contribution < 1.29 is 23.4 Å². The number of nitrogens with zero attached hydrogens (tertiary/aromatic N) is 5. The van der Waals surface area contributed by atoms with Gasteiger partial charge in [-0.2, -0.15) is 13.9 Å². The van der Waals surface area contributed by atoms with Gasteiger partial charge in [0.1, 0.15) is 17.0 Å². The Kier molecular flexibility index (Phi) is 5.77. The molecule has 30 heavy (non-hydrogen) atoms. The zero-order valence-corrected chi connectivity index (χ0v) is 16.5. The van der Waals surface area contributed by atoms with Gasteiger partial charge in [-0.1, -0.05) is 0 Å². The summed E-state index contributed by atoms with van der Waals surface area (Å²) >= 11 is 0. The molecule has 0 unspecified atom stereocenters. The SMILES string of the molecule is C[C@H](O)c1nn([C@@H](C)C2CCOCC2)c2nc(Nc3cc(OC(F)F)n[nH]3)cnc12. The molecule has 0 bridgehead atoms. The van der Waals surface area contributed by atoms with Crippen molar-refractivity contribution in [2.24, 2.45) is 5.92 Å². The Labute approximate surface area is 170 Å². The fraction of sp³-hybridized carbons (Fsp3) is 0.556. The number of fused-ring (bicyclic) bond motifs is 1. The fourth-order valence-electron chi connectivity index (χ4n) is 3.61. The van der Waals surface area contributed by atoms with E-state index in [2.05, 4.69) is 42.2 Å². The first-order chi connectivity index (χ1) is 14.4. The summed E-state index contributed by atoms with van der Waals surface area (Å²) in [6.45, 7) is 2.15. The molecule has 1 aliphatic heterocycles. The maximum absolute atomic E-state index is 12.3. The van der Waals surface area contributed by atoms with E-state index >= 15 is 0 Å². The van der Waals surface area contributed by atoms with Gasteiger partial charge in [0.2, 0.25) is 5.88 Å². The quantitative estimate of drug-likeness (QED) is 0.530. The van der Waals surface area contributed by atoms with Crippen LogP contribution >= 0.6 is 0 Å². The molecule has 1 saturated heterocycles. The van der Waals surface area contributed by atoms with Gasteiger partial charge in [-0.05, 0) is 32.6 Å². The van der Waals surface area contributed by atoms with Gasteiger partial charge in [0.15, 0.2) is 11.5 Å². The molecule has 0 aliphatic carbocycles. The highest BCUT2D eigenvalue weighted by Gasteiger charge is 2.27. The molecule has 0 aromatic carbocycles.